The summed E-state index contributed by atoms with van der Waals surface area (Å²) in [6.45, 7) is -0.324. The number of hydrogen-bond acceptors (Lipinski definition) is 7. The molecule has 1 N–H and O–H groups in total. The molecule has 1 saturated heterocycles. The van der Waals surface area contributed by atoms with Crippen molar-refractivity contribution in [3.8, 4) is 5.75 Å². The second kappa shape index (κ2) is 9.55. The summed E-state index contributed by atoms with van der Waals surface area (Å²) in [5.74, 6) is -0.774. The Hall–Kier alpha value is -3.48. The molecule has 160 valence electrons. The number of benzene rings is 2. The van der Waals surface area contributed by atoms with Crippen LogP contribution in [0.25, 0.3) is 6.08 Å². The van der Waals surface area contributed by atoms with Crippen LogP contribution in [-0.2, 0) is 20.9 Å². The lowest BCUT2D eigenvalue weighted by Crippen LogP contribution is -2.36. The standard InChI is InChI=1S/C20H16IN3O7/c1-30-18(25)10-23-19(26)16(22-20(23)27)9-12-5-6-17(15(21)8-12)31-11-13-3-2-4-14(7-13)24(28)29/h2-9H,10-11H2,1H3,(H,22,27)/b16-9+. The third kappa shape index (κ3) is 5.36. The fourth-order valence-corrected chi connectivity index (χ4v) is 3.42. The van der Waals surface area contributed by atoms with Crippen LogP contribution in [0.3, 0.4) is 0 Å². The molecule has 0 saturated carbocycles. The van der Waals surface area contributed by atoms with Crippen molar-refractivity contribution >= 4 is 52.3 Å². The zero-order valence-corrected chi connectivity index (χ0v) is 18.3. The van der Waals surface area contributed by atoms with E-state index in [1.165, 1.54) is 25.3 Å². The lowest BCUT2D eigenvalue weighted by atomic mass is 10.2. The highest BCUT2D eigenvalue weighted by Gasteiger charge is 2.35. The molecule has 31 heavy (non-hydrogen) atoms. The number of halogens is 1. The van der Waals surface area contributed by atoms with E-state index in [1.807, 2.05) is 0 Å². The highest BCUT2D eigenvalue weighted by Crippen LogP contribution is 2.25. The van der Waals surface area contributed by atoms with E-state index in [4.69, 9.17) is 4.74 Å². The second-order valence-corrected chi connectivity index (χ2v) is 7.52. The smallest absolute Gasteiger partial charge is 0.329 e. The van der Waals surface area contributed by atoms with Gasteiger partial charge >= 0.3 is 12.0 Å². The fourth-order valence-electron chi connectivity index (χ4n) is 2.72. The summed E-state index contributed by atoms with van der Waals surface area (Å²) in [7, 11) is 1.17. The predicted molar refractivity (Wildman–Crippen MR) is 117 cm³/mol. The van der Waals surface area contributed by atoms with Crippen molar-refractivity contribution in [1.29, 1.82) is 0 Å². The van der Waals surface area contributed by atoms with Gasteiger partial charge in [-0.25, -0.2) is 9.69 Å². The second-order valence-electron chi connectivity index (χ2n) is 6.36. The van der Waals surface area contributed by atoms with Crippen LogP contribution in [0, 0.1) is 13.7 Å². The summed E-state index contributed by atoms with van der Waals surface area (Å²) in [5, 5.41) is 13.3. The van der Waals surface area contributed by atoms with Crippen LogP contribution in [0.15, 0.2) is 48.2 Å². The largest absolute Gasteiger partial charge is 0.488 e. The molecule has 0 aliphatic carbocycles. The number of urea groups is 1. The minimum Gasteiger partial charge on any atom is -0.488 e. The molecule has 0 bridgehead atoms. The Morgan fingerprint density at radius 3 is 2.71 bits per heavy atom. The Morgan fingerprint density at radius 2 is 2.03 bits per heavy atom. The lowest BCUT2D eigenvalue weighted by molar-refractivity contribution is -0.384. The van der Waals surface area contributed by atoms with Crippen LogP contribution in [0.1, 0.15) is 11.1 Å². The average molecular weight is 537 g/mol. The molecule has 0 radical (unpaired) electrons. The maximum absolute atomic E-state index is 12.4. The van der Waals surface area contributed by atoms with Crippen molar-refractivity contribution in [1.82, 2.24) is 10.2 Å². The number of hydrogen-bond donors (Lipinski definition) is 1. The monoisotopic (exact) mass is 537 g/mol. The summed E-state index contributed by atoms with van der Waals surface area (Å²) < 4.78 is 11.0. The Labute approximate surface area is 190 Å². The van der Waals surface area contributed by atoms with Crippen molar-refractivity contribution in [3.05, 3.63) is 73.0 Å². The van der Waals surface area contributed by atoms with Gasteiger partial charge in [0.1, 0.15) is 24.6 Å². The highest BCUT2D eigenvalue weighted by molar-refractivity contribution is 14.1. The Kier molecular flexibility index (Phi) is 6.84. The van der Waals surface area contributed by atoms with Gasteiger partial charge in [0.2, 0.25) is 0 Å². The van der Waals surface area contributed by atoms with Crippen molar-refractivity contribution in [2.75, 3.05) is 13.7 Å². The molecule has 1 fully saturated rings. The van der Waals surface area contributed by atoms with E-state index in [0.717, 1.165) is 8.47 Å². The van der Waals surface area contributed by atoms with E-state index >= 15 is 0 Å². The van der Waals surface area contributed by atoms with E-state index in [-0.39, 0.29) is 18.0 Å². The van der Waals surface area contributed by atoms with E-state index in [2.05, 4.69) is 32.6 Å². The molecule has 0 atom stereocenters. The van der Waals surface area contributed by atoms with E-state index < -0.39 is 29.4 Å². The molecular formula is C20H16IN3O7. The normalized spacial score (nSPS) is 14.5. The summed E-state index contributed by atoms with van der Waals surface area (Å²) >= 11 is 2.06. The number of imide groups is 1. The molecule has 1 aliphatic rings. The van der Waals surface area contributed by atoms with E-state index in [9.17, 15) is 24.5 Å². The molecule has 2 aromatic rings. The van der Waals surface area contributed by atoms with Crippen LogP contribution in [0.2, 0.25) is 0 Å². The van der Waals surface area contributed by atoms with Crippen LogP contribution in [0.5, 0.6) is 5.75 Å². The van der Waals surface area contributed by atoms with Crippen molar-refractivity contribution < 1.29 is 28.8 Å². The number of methoxy groups -OCH3 is 1. The number of nitro groups is 1. The Balaban J connectivity index is 1.70. The summed E-state index contributed by atoms with van der Waals surface area (Å²) in [6, 6.07) is 10.6. The number of non-ortho nitro benzene ring substituents is 1. The minimum atomic E-state index is -0.704. The average Bonchev–Trinajstić information content (AvgIpc) is 3.00. The minimum absolute atomic E-state index is 0.0118. The number of nitrogens with one attached hydrogen (secondary N) is 1. The summed E-state index contributed by atoms with van der Waals surface area (Å²) in [4.78, 5) is 46.8. The van der Waals surface area contributed by atoms with Gasteiger partial charge in [-0.05, 0) is 51.9 Å². The number of carbonyl (C=O) groups excluding carboxylic acids is 3. The molecule has 3 rings (SSSR count). The maximum atomic E-state index is 12.4. The molecule has 0 unspecified atom stereocenters. The first kappa shape index (κ1) is 22.2. The Bertz CT molecular complexity index is 1100. The number of esters is 1. The molecule has 10 nitrogen and oxygen atoms in total. The SMILES string of the molecule is COC(=O)CN1C(=O)N/C(=C/c2ccc(OCc3cccc([N+](=O)[O-])c3)c(I)c2)C1=O. The van der Waals surface area contributed by atoms with Gasteiger partial charge in [-0.1, -0.05) is 18.2 Å². The number of nitro benzene ring substituents is 1. The number of amides is 3. The molecular weight excluding hydrogens is 521 g/mol. The first-order chi connectivity index (χ1) is 14.8. The predicted octanol–water partition coefficient (Wildman–Crippen LogP) is 2.84. The quantitative estimate of drug-likeness (QED) is 0.144. The van der Waals surface area contributed by atoms with Crippen molar-refractivity contribution in [3.63, 3.8) is 0 Å². The number of ether oxygens (including phenoxy) is 2. The van der Waals surface area contributed by atoms with Gasteiger partial charge in [-0.3, -0.25) is 19.7 Å². The van der Waals surface area contributed by atoms with Gasteiger partial charge in [-0.15, -0.1) is 0 Å². The third-order valence-corrected chi connectivity index (χ3v) is 5.10. The van der Waals surface area contributed by atoms with E-state index in [0.29, 0.717) is 16.9 Å². The zero-order valence-electron chi connectivity index (χ0n) is 16.2. The van der Waals surface area contributed by atoms with Crippen LogP contribution < -0.4 is 10.1 Å². The topological polar surface area (TPSA) is 128 Å². The van der Waals surface area contributed by atoms with Gasteiger partial charge in [-0.2, -0.15) is 0 Å². The van der Waals surface area contributed by atoms with Crippen LogP contribution in [-0.4, -0.2) is 41.4 Å². The lowest BCUT2D eigenvalue weighted by Gasteiger charge is -2.09. The number of carbonyl (C=O) groups is 3. The maximum Gasteiger partial charge on any atom is 0.329 e. The van der Waals surface area contributed by atoms with Crippen molar-refractivity contribution in [2.45, 2.75) is 6.61 Å². The third-order valence-electron chi connectivity index (χ3n) is 4.26. The molecule has 3 amide bonds. The molecule has 0 aromatic heterocycles. The molecule has 2 aromatic carbocycles. The van der Waals surface area contributed by atoms with Gasteiger partial charge in [0.05, 0.1) is 15.6 Å². The Morgan fingerprint density at radius 1 is 1.26 bits per heavy atom. The van der Waals surface area contributed by atoms with Gasteiger partial charge < -0.3 is 14.8 Å². The van der Waals surface area contributed by atoms with Gasteiger partial charge in [0.25, 0.3) is 11.6 Å². The van der Waals surface area contributed by atoms with E-state index in [1.54, 1.807) is 30.3 Å². The van der Waals surface area contributed by atoms with Gasteiger partial charge in [0, 0.05) is 12.1 Å². The zero-order chi connectivity index (χ0) is 22.5. The van der Waals surface area contributed by atoms with Crippen LogP contribution in [0.4, 0.5) is 10.5 Å². The molecule has 1 heterocycles. The number of nitrogens with zero attached hydrogens (tertiary/aromatic N) is 2. The number of rotatable bonds is 7. The first-order valence-corrected chi connectivity index (χ1v) is 9.93. The fraction of sp³-hybridized carbons (Fsp3) is 0.150. The summed E-state index contributed by atoms with van der Waals surface area (Å²) in [6.07, 6.45) is 1.49. The summed E-state index contributed by atoms with van der Waals surface area (Å²) in [5.41, 5.74) is 1.31. The highest BCUT2D eigenvalue weighted by atomic mass is 127. The first-order valence-electron chi connectivity index (χ1n) is 8.85. The van der Waals surface area contributed by atoms with Gasteiger partial charge in [0.15, 0.2) is 0 Å². The van der Waals surface area contributed by atoms with Crippen molar-refractivity contribution in [2.24, 2.45) is 0 Å². The molecule has 11 heteroatoms. The molecule has 0 spiro atoms. The molecule has 1 aliphatic heterocycles. The van der Waals surface area contributed by atoms with Crippen LogP contribution >= 0.6 is 22.6 Å².